The van der Waals surface area contributed by atoms with Gasteiger partial charge in [-0.1, -0.05) is 0 Å². The Kier molecular flexibility index (Phi) is 9.70. The van der Waals surface area contributed by atoms with Gasteiger partial charge in [-0.15, -0.1) is 0 Å². The predicted octanol–water partition coefficient (Wildman–Crippen LogP) is -5.35. The maximum atomic E-state index is 10.3. The van der Waals surface area contributed by atoms with Crippen molar-refractivity contribution in [3.63, 3.8) is 0 Å². The van der Waals surface area contributed by atoms with E-state index in [1.165, 1.54) is 0 Å². The van der Waals surface area contributed by atoms with Crippen LogP contribution in [0.15, 0.2) is 0 Å². The zero-order valence-electron chi connectivity index (χ0n) is 6.63. The third-order valence-electron chi connectivity index (χ3n) is 1.07. The van der Waals surface area contributed by atoms with Crippen molar-refractivity contribution >= 4 is 34.4 Å². The number of rotatable bonds is 2. The van der Waals surface area contributed by atoms with E-state index in [9.17, 15) is 9.59 Å². The summed E-state index contributed by atoms with van der Waals surface area (Å²) in [5, 5.41) is 16.8. The Bertz CT molecular complexity index is 177. The van der Waals surface area contributed by atoms with Gasteiger partial charge in [-0.2, -0.15) is 0 Å². The van der Waals surface area contributed by atoms with E-state index in [0.29, 0.717) is 0 Å². The standard InChI is InChI=1S/C4H4O6.K.H2O.Sb/c5-1(3(7)8)2(6)4(9)10;;;/h1-2H,(H,7,8)(H,9,10);;1H2;/q-2;+1;;+2. The third kappa shape index (κ3) is 4.54. The van der Waals surface area contributed by atoms with Gasteiger partial charge in [-0.05, 0) is 0 Å². The number of carboxylic acid groups (broad SMARTS) is 2. The van der Waals surface area contributed by atoms with Crippen LogP contribution in [0.25, 0.3) is 0 Å². The van der Waals surface area contributed by atoms with E-state index in [1.807, 2.05) is 0 Å². The van der Waals surface area contributed by atoms with Crippen molar-refractivity contribution in [1.82, 2.24) is 0 Å². The first kappa shape index (κ1) is 16.7. The van der Waals surface area contributed by atoms with Crippen LogP contribution in [0.2, 0.25) is 0 Å². The van der Waals surface area contributed by atoms with Gasteiger partial charge in [0, 0.05) is 0 Å². The minimum absolute atomic E-state index is 0. The second-order valence-corrected chi connectivity index (χ2v) is 3.43. The molecule has 69 valence electrons. The smallest absolute Gasteiger partial charge is 1.00 e. The topological polar surface area (TPSA) is 125 Å². The van der Waals surface area contributed by atoms with Gasteiger partial charge in [-0.3, -0.25) is 0 Å². The Morgan fingerprint density at radius 2 is 1.38 bits per heavy atom. The van der Waals surface area contributed by atoms with Crippen molar-refractivity contribution < 1.29 is 82.7 Å². The van der Waals surface area contributed by atoms with Crippen LogP contribution in [0.3, 0.4) is 0 Å². The predicted molar refractivity (Wildman–Crippen MR) is 34.4 cm³/mol. The van der Waals surface area contributed by atoms with Crippen LogP contribution in [0.4, 0.5) is 0 Å². The molecule has 1 heterocycles. The minimum Gasteiger partial charge on any atom is 1.00 e. The molecular formula is C4H6KO7Sb+. The molecule has 1 aliphatic rings. The molecule has 4 N–H and O–H groups in total. The molecule has 0 aliphatic carbocycles. The molecule has 0 spiro atoms. The van der Waals surface area contributed by atoms with Crippen molar-refractivity contribution in [2.45, 2.75) is 12.2 Å². The summed E-state index contributed by atoms with van der Waals surface area (Å²) < 4.78 is 9.27. The fourth-order valence-corrected chi connectivity index (χ4v) is 2.39. The van der Waals surface area contributed by atoms with Crippen LogP contribution in [-0.4, -0.2) is 62.3 Å². The van der Waals surface area contributed by atoms with Crippen molar-refractivity contribution in [3.8, 4) is 0 Å². The van der Waals surface area contributed by atoms with E-state index in [4.69, 9.17) is 10.2 Å². The van der Waals surface area contributed by atoms with Gasteiger partial charge in [-0.25, -0.2) is 0 Å². The maximum absolute atomic E-state index is 10.3. The average Bonchev–Trinajstić information content (AvgIpc) is 2.32. The quantitative estimate of drug-likeness (QED) is 0.488. The molecule has 9 heteroatoms. The summed E-state index contributed by atoms with van der Waals surface area (Å²) in [5.41, 5.74) is 0. The largest absolute Gasteiger partial charge is 1.00 e. The minimum atomic E-state index is -1.49. The van der Waals surface area contributed by atoms with Crippen molar-refractivity contribution in [3.05, 3.63) is 0 Å². The van der Waals surface area contributed by atoms with Crippen LogP contribution < -0.4 is 51.4 Å². The number of carbonyl (C=O) groups is 2. The van der Waals surface area contributed by atoms with Gasteiger partial charge in [0.05, 0.1) is 0 Å². The Morgan fingerprint density at radius 3 is 1.62 bits per heavy atom. The van der Waals surface area contributed by atoms with E-state index >= 15 is 0 Å². The van der Waals surface area contributed by atoms with Gasteiger partial charge < -0.3 is 5.48 Å². The van der Waals surface area contributed by atoms with Crippen LogP contribution in [0.1, 0.15) is 0 Å². The summed E-state index contributed by atoms with van der Waals surface area (Å²) >= 11 is -1.49. The molecule has 7 nitrogen and oxygen atoms in total. The van der Waals surface area contributed by atoms with Crippen molar-refractivity contribution in [2.75, 3.05) is 0 Å². The first-order valence-corrected chi connectivity index (χ1v) is 4.69. The summed E-state index contributed by atoms with van der Waals surface area (Å²) in [7, 11) is 0. The molecule has 1 fully saturated rings. The maximum Gasteiger partial charge on any atom is 1.00 e. The molecule has 13 heavy (non-hydrogen) atoms. The molecule has 0 amide bonds. The molecule has 1 rings (SSSR count). The number of hydrogen-bond acceptors (Lipinski definition) is 4. The molecule has 0 saturated carbocycles. The summed E-state index contributed by atoms with van der Waals surface area (Å²) in [5.74, 6) is -2.57. The van der Waals surface area contributed by atoms with E-state index in [0.717, 1.165) is 0 Å². The molecule has 0 aromatic carbocycles. The molecule has 1 radical (unpaired) electrons. The van der Waals surface area contributed by atoms with Gasteiger partial charge in [0.15, 0.2) is 0 Å². The van der Waals surface area contributed by atoms with Gasteiger partial charge in [0.1, 0.15) is 0 Å². The third-order valence-corrected chi connectivity index (χ3v) is 2.86. The van der Waals surface area contributed by atoms with E-state index in [1.54, 1.807) is 0 Å². The second-order valence-electron chi connectivity index (χ2n) is 1.80. The molecule has 0 aromatic rings. The Morgan fingerprint density at radius 1 is 1.08 bits per heavy atom. The van der Waals surface area contributed by atoms with E-state index in [-0.39, 0.29) is 56.9 Å². The van der Waals surface area contributed by atoms with Crippen LogP contribution in [0, 0.1) is 0 Å². The van der Waals surface area contributed by atoms with E-state index in [2.05, 4.69) is 6.03 Å². The number of aliphatic carboxylic acids is 2. The van der Waals surface area contributed by atoms with Gasteiger partial charge in [0.25, 0.3) is 0 Å². The molecule has 2 atom stereocenters. The Labute approximate surface area is 127 Å². The second kappa shape index (κ2) is 7.55. The van der Waals surface area contributed by atoms with Gasteiger partial charge >= 0.3 is 124 Å². The summed E-state index contributed by atoms with van der Waals surface area (Å²) in [4.78, 5) is 20.5. The summed E-state index contributed by atoms with van der Waals surface area (Å²) in [6, 6.07) is 0. The van der Waals surface area contributed by atoms with Crippen LogP contribution in [0.5, 0.6) is 0 Å². The average molecular weight is 327 g/mol. The zero-order valence-corrected chi connectivity index (χ0v) is 12.3. The van der Waals surface area contributed by atoms with Crippen LogP contribution >= 0.6 is 0 Å². The van der Waals surface area contributed by atoms with Crippen molar-refractivity contribution in [2.24, 2.45) is 0 Å². The molecule has 0 aromatic heterocycles. The van der Waals surface area contributed by atoms with Crippen molar-refractivity contribution in [1.29, 1.82) is 0 Å². The Hall–Kier alpha value is 1.27. The zero-order chi connectivity index (χ0) is 8.43. The molecule has 2 unspecified atom stereocenters. The summed E-state index contributed by atoms with van der Waals surface area (Å²) in [6.45, 7) is 0. The van der Waals surface area contributed by atoms with Gasteiger partial charge in [0.2, 0.25) is 0 Å². The monoisotopic (exact) mass is 326 g/mol. The molecule has 1 aliphatic heterocycles. The fraction of sp³-hybridized carbons (Fsp3) is 0.500. The fourth-order valence-electron chi connectivity index (χ4n) is 0.577. The normalized spacial score (nSPS) is 25.5. The SMILES string of the molecule is O.O=C(O)C1[O][Sb][O]C1C(=O)O.[K+]. The van der Waals surface area contributed by atoms with Crippen LogP contribution in [-0.2, 0) is 15.6 Å². The van der Waals surface area contributed by atoms with E-state index < -0.39 is 46.6 Å². The molecular weight excluding hydrogens is 321 g/mol. The Balaban J connectivity index is 0. The molecule has 1 saturated heterocycles. The number of hydrogen-bond donors (Lipinski definition) is 2. The molecule has 0 bridgehead atoms. The first-order chi connectivity index (χ1) is 5.13. The number of carboxylic acids is 2. The first-order valence-electron chi connectivity index (χ1n) is 2.60. The summed E-state index contributed by atoms with van der Waals surface area (Å²) in [6.07, 6.45) is -2.63.